The largest absolute Gasteiger partial charge is 0.377 e. The lowest BCUT2D eigenvalue weighted by atomic mass is 9.95. The van der Waals surface area contributed by atoms with Crippen LogP contribution in [0.5, 0.6) is 0 Å². The molecule has 0 aromatic heterocycles. The maximum atomic E-state index is 12.1. The third kappa shape index (κ3) is 8.39. The molecule has 0 spiro atoms. The summed E-state index contributed by atoms with van der Waals surface area (Å²) in [5, 5.41) is 7.25. The average Bonchev–Trinajstić information content (AvgIpc) is 2.62. The SMILES string of the molecule is CCNC(=NCCC1=CCOCC1)NC1CCCC(S(=O)CC)C1.I. The predicted octanol–water partition coefficient (Wildman–Crippen LogP) is 2.98. The third-order valence-electron chi connectivity index (χ3n) is 4.73. The number of aliphatic imine (C=N–C) groups is 1. The topological polar surface area (TPSA) is 62.7 Å². The van der Waals surface area contributed by atoms with Crippen LogP contribution in [0.3, 0.4) is 0 Å². The number of ether oxygens (including phenoxy) is 1. The van der Waals surface area contributed by atoms with Crippen molar-refractivity contribution in [1.29, 1.82) is 0 Å². The van der Waals surface area contributed by atoms with Crippen LogP contribution in [0.15, 0.2) is 16.6 Å². The van der Waals surface area contributed by atoms with Crippen LogP contribution in [0.2, 0.25) is 0 Å². The molecule has 0 bridgehead atoms. The van der Waals surface area contributed by atoms with Gasteiger partial charge in [0.15, 0.2) is 5.96 Å². The summed E-state index contributed by atoms with van der Waals surface area (Å²) in [6.45, 7) is 7.36. The molecule has 3 unspecified atom stereocenters. The minimum absolute atomic E-state index is 0. The first-order chi connectivity index (χ1) is 11.7. The Morgan fingerprint density at radius 2 is 2.24 bits per heavy atom. The van der Waals surface area contributed by atoms with E-state index < -0.39 is 10.8 Å². The molecule has 2 aliphatic rings. The Morgan fingerprint density at radius 1 is 1.40 bits per heavy atom. The molecule has 0 aromatic carbocycles. The number of hydrogen-bond acceptors (Lipinski definition) is 3. The van der Waals surface area contributed by atoms with E-state index >= 15 is 0 Å². The van der Waals surface area contributed by atoms with Gasteiger partial charge in [0.05, 0.1) is 13.2 Å². The molecule has 2 rings (SSSR count). The van der Waals surface area contributed by atoms with E-state index in [1.54, 1.807) is 0 Å². The Balaban J connectivity index is 0.00000312. The van der Waals surface area contributed by atoms with Gasteiger partial charge in [-0.15, -0.1) is 24.0 Å². The van der Waals surface area contributed by atoms with Crippen molar-refractivity contribution in [2.45, 2.75) is 63.7 Å². The number of nitrogens with one attached hydrogen (secondary N) is 2. The Kier molecular flexibility index (Phi) is 12.0. The number of rotatable bonds is 7. The van der Waals surface area contributed by atoms with Gasteiger partial charge in [-0.1, -0.05) is 25.0 Å². The summed E-state index contributed by atoms with van der Waals surface area (Å²) >= 11 is 0. The number of guanidine groups is 1. The van der Waals surface area contributed by atoms with Gasteiger partial charge in [-0.05, 0) is 39.0 Å². The van der Waals surface area contributed by atoms with Crippen molar-refractivity contribution in [3.63, 3.8) is 0 Å². The normalized spacial score (nSPS) is 25.5. The second kappa shape index (κ2) is 13.1. The maximum absolute atomic E-state index is 12.1. The van der Waals surface area contributed by atoms with Crippen LogP contribution in [0.1, 0.15) is 52.4 Å². The van der Waals surface area contributed by atoms with Gasteiger partial charge in [-0.2, -0.15) is 0 Å². The molecule has 0 amide bonds. The van der Waals surface area contributed by atoms with Gasteiger partial charge in [0.1, 0.15) is 0 Å². The minimum Gasteiger partial charge on any atom is -0.377 e. The molecular formula is C18H34IN3O2S. The van der Waals surface area contributed by atoms with Crippen LogP contribution in [0.25, 0.3) is 0 Å². The lowest BCUT2D eigenvalue weighted by Crippen LogP contribution is -2.46. The van der Waals surface area contributed by atoms with Gasteiger partial charge in [0, 0.05) is 40.9 Å². The van der Waals surface area contributed by atoms with Gasteiger partial charge < -0.3 is 15.4 Å². The molecule has 1 aliphatic carbocycles. The highest BCUT2D eigenvalue weighted by Gasteiger charge is 2.25. The summed E-state index contributed by atoms with van der Waals surface area (Å²) in [4.78, 5) is 4.73. The number of hydrogen-bond donors (Lipinski definition) is 2. The van der Waals surface area contributed by atoms with Gasteiger partial charge in [-0.25, -0.2) is 0 Å². The number of nitrogens with zero attached hydrogens (tertiary/aromatic N) is 1. The molecule has 1 fully saturated rings. The Hall–Kier alpha value is -0.150. The van der Waals surface area contributed by atoms with Crippen molar-refractivity contribution in [1.82, 2.24) is 10.6 Å². The molecule has 1 saturated carbocycles. The Bertz CT molecular complexity index is 471. The van der Waals surface area contributed by atoms with Crippen molar-refractivity contribution in [3.05, 3.63) is 11.6 Å². The molecule has 0 aromatic rings. The second-order valence-corrected chi connectivity index (χ2v) is 8.50. The van der Waals surface area contributed by atoms with Crippen LogP contribution in [0, 0.1) is 0 Å². The molecule has 146 valence electrons. The number of halogens is 1. The fraction of sp³-hybridized carbons (Fsp3) is 0.833. The summed E-state index contributed by atoms with van der Waals surface area (Å²) in [7, 11) is -0.681. The third-order valence-corrected chi connectivity index (χ3v) is 6.47. The molecule has 1 aliphatic heterocycles. The molecule has 2 N–H and O–H groups in total. The Labute approximate surface area is 172 Å². The molecule has 5 nitrogen and oxygen atoms in total. The van der Waals surface area contributed by atoms with Crippen LogP contribution in [-0.2, 0) is 15.5 Å². The summed E-state index contributed by atoms with van der Waals surface area (Å²) in [6, 6.07) is 0.388. The maximum Gasteiger partial charge on any atom is 0.191 e. The first-order valence-corrected chi connectivity index (χ1v) is 10.8. The van der Waals surface area contributed by atoms with Crippen LogP contribution < -0.4 is 10.6 Å². The van der Waals surface area contributed by atoms with Crippen LogP contribution in [-0.4, -0.2) is 53.5 Å². The zero-order valence-electron chi connectivity index (χ0n) is 15.6. The quantitative estimate of drug-likeness (QED) is 0.253. The van der Waals surface area contributed by atoms with E-state index in [-0.39, 0.29) is 24.0 Å². The van der Waals surface area contributed by atoms with Gasteiger partial charge in [-0.3, -0.25) is 9.20 Å². The second-order valence-electron chi connectivity index (χ2n) is 6.50. The van der Waals surface area contributed by atoms with Crippen LogP contribution in [0.4, 0.5) is 0 Å². The molecule has 0 saturated heterocycles. The molecular weight excluding hydrogens is 449 g/mol. The monoisotopic (exact) mass is 483 g/mol. The van der Waals surface area contributed by atoms with Crippen molar-refractivity contribution in [2.24, 2.45) is 4.99 Å². The molecule has 7 heteroatoms. The van der Waals surface area contributed by atoms with E-state index in [4.69, 9.17) is 9.73 Å². The summed E-state index contributed by atoms with van der Waals surface area (Å²) in [5.41, 5.74) is 1.46. The standard InChI is InChI=1S/C18H33N3O2S.HI/c1-3-19-18(20-11-8-15-9-12-23-13-10-15)21-16-6-5-7-17(14-16)24(22)4-2;/h9,16-17H,3-8,10-14H2,1-2H3,(H2,19,20,21);1H. The highest BCUT2D eigenvalue weighted by molar-refractivity contribution is 14.0. The summed E-state index contributed by atoms with van der Waals surface area (Å²) in [5.74, 6) is 1.67. The highest BCUT2D eigenvalue weighted by atomic mass is 127. The average molecular weight is 483 g/mol. The first-order valence-electron chi connectivity index (χ1n) is 9.40. The van der Waals surface area contributed by atoms with E-state index in [1.165, 1.54) is 5.57 Å². The fourth-order valence-electron chi connectivity index (χ4n) is 3.37. The summed E-state index contributed by atoms with van der Waals surface area (Å²) in [6.07, 6.45) is 8.62. The highest BCUT2D eigenvalue weighted by Crippen LogP contribution is 2.23. The Morgan fingerprint density at radius 3 is 2.92 bits per heavy atom. The minimum atomic E-state index is -0.681. The van der Waals surface area contributed by atoms with Gasteiger partial charge in [0.2, 0.25) is 0 Å². The van der Waals surface area contributed by atoms with Crippen LogP contribution >= 0.6 is 24.0 Å². The van der Waals surface area contributed by atoms with Gasteiger partial charge >= 0.3 is 0 Å². The lowest BCUT2D eigenvalue weighted by Gasteiger charge is -2.30. The van der Waals surface area contributed by atoms with Crippen molar-refractivity contribution in [2.75, 3.05) is 32.1 Å². The van der Waals surface area contributed by atoms with E-state index in [9.17, 15) is 4.21 Å². The van der Waals surface area contributed by atoms with E-state index in [0.717, 1.165) is 76.5 Å². The van der Waals surface area contributed by atoms with E-state index in [2.05, 4.69) is 23.6 Å². The van der Waals surface area contributed by atoms with E-state index in [1.807, 2.05) is 6.92 Å². The first kappa shape index (κ1) is 22.9. The smallest absolute Gasteiger partial charge is 0.191 e. The zero-order chi connectivity index (χ0) is 17.2. The van der Waals surface area contributed by atoms with Crippen molar-refractivity contribution in [3.8, 4) is 0 Å². The molecule has 3 atom stereocenters. The van der Waals surface area contributed by atoms with E-state index in [0.29, 0.717) is 11.3 Å². The molecule has 0 radical (unpaired) electrons. The lowest BCUT2D eigenvalue weighted by molar-refractivity contribution is 0.153. The molecule has 1 heterocycles. The fourth-order valence-corrected chi connectivity index (χ4v) is 4.72. The van der Waals surface area contributed by atoms with Crippen molar-refractivity contribution >= 4 is 40.7 Å². The van der Waals surface area contributed by atoms with Gasteiger partial charge in [0.25, 0.3) is 0 Å². The molecule has 25 heavy (non-hydrogen) atoms. The zero-order valence-corrected chi connectivity index (χ0v) is 18.7. The predicted molar refractivity (Wildman–Crippen MR) is 117 cm³/mol. The van der Waals surface area contributed by atoms with Crippen molar-refractivity contribution < 1.29 is 8.95 Å². The summed E-state index contributed by atoms with van der Waals surface area (Å²) < 4.78 is 17.4.